The molecule has 0 unspecified atom stereocenters. The van der Waals surface area contributed by atoms with Crippen LogP contribution in [0.5, 0.6) is 5.75 Å². The molecule has 0 spiro atoms. The first kappa shape index (κ1) is 22.8. The Morgan fingerprint density at radius 3 is 2.61 bits per heavy atom. The topological polar surface area (TPSA) is 77.5 Å². The lowest BCUT2D eigenvalue weighted by molar-refractivity contribution is -0.131. The maximum absolute atomic E-state index is 14.5. The average Bonchev–Trinajstić information content (AvgIpc) is 2.96. The number of carbonyl (C=O) groups is 2. The molecule has 1 saturated heterocycles. The maximum atomic E-state index is 14.5. The van der Waals surface area contributed by atoms with Gasteiger partial charge in [-0.1, -0.05) is 13.0 Å². The number of halogens is 2. The molecule has 1 aliphatic heterocycles. The molecule has 31 heavy (non-hydrogen) atoms. The summed E-state index contributed by atoms with van der Waals surface area (Å²) in [6, 6.07) is 5.51. The molecule has 1 amide bonds. The zero-order chi connectivity index (χ0) is 22.9. The molecule has 0 bridgehead atoms. The Bertz CT molecular complexity index is 1010. The summed E-state index contributed by atoms with van der Waals surface area (Å²) in [5.74, 6) is -3.80. The van der Waals surface area contributed by atoms with Crippen LogP contribution in [-0.2, 0) is 9.53 Å². The van der Waals surface area contributed by atoms with E-state index in [1.807, 2.05) is 20.8 Å². The number of nitrogens with zero attached hydrogens (tertiary/aromatic N) is 1. The van der Waals surface area contributed by atoms with Crippen molar-refractivity contribution >= 4 is 17.4 Å². The second-order valence-corrected chi connectivity index (χ2v) is 8.14. The number of amides is 1. The number of ether oxygens (including phenoxy) is 2. The molecule has 0 aliphatic carbocycles. The molecule has 166 valence electrons. The summed E-state index contributed by atoms with van der Waals surface area (Å²) in [6.07, 6.45) is 0.442. The highest BCUT2D eigenvalue weighted by atomic mass is 19.2. The summed E-state index contributed by atoms with van der Waals surface area (Å²) in [7, 11) is 0. The van der Waals surface area contributed by atoms with Crippen LogP contribution in [0.1, 0.15) is 56.6 Å². The third-order valence-corrected chi connectivity index (χ3v) is 5.77. The van der Waals surface area contributed by atoms with E-state index >= 15 is 0 Å². The fourth-order valence-electron chi connectivity index (χ4n) is 3.87. The minimum absolute atomic E-state index is 0.139. The van der Waals surface area contributed by atoms with Crippen molar-refractivity contribution in [2.45, 2.75) is 52.2 Å². The number of hydrogen-bond donors (Lipinski definition) is 1. The summed E-state index contributed by atoms with van der Waals surface area (Å²) in [5, 5.41) is 2.75. The van der Waals surface area contributed by atoms with Crippen LogP contribution >= 0.6 is 0 Å². The fourth-order valence-corrected chi connectivity index (χ4v) is 3.87. The Hall–Kier alpha value is -2.87. The van der Waals surface area contributed by atoms with Gasteiger partial charge >= 0.3 is 0 Å². The number of pyridine rings is 1. The van der Waals surface area contributed by atoms with E-state index in [4.69, 9.17) is 9.47 Å². The lowest BCUT2D eigenvalue weighted by Gasteiger charge is -2.26. The van der Waals surface area contributed by atoms with E-state index in [1.165, 1.54) is 25.3 Å². The van der Waals surface area contributed by atoms with Gasteiger partial charge in [0, 0.05) is 30.3 Å². The van der Waals surface area contributed by atoms with E-state index in [2.05, 4.69) is 10.3 Å². The standard InChI is InChI=1S/C23H26F2N2O4/c1-6-30-20-15(7-8-16(24)19(20)25)18-12(2)23(4,5)31-21(18)22(29)27-14-9-10-26-17(11-14)13(3)28/h7-12,18,21H,6H2,1-5H3,(H,26,27,29)/t12-,18+,21-/m1/s1. The predicted molar refractivity (Wildman–Crippen MR) is 111 cm³/mol. The molecule has 0 saturated carbocycles. The Morgan fingerprint density at radius 2 is 1.97 bits per heavy atom. The van der Waals surface area contributed by atoms with E-state index in [9.17, 15) is 18.4 Å². The lowest BCUT2D eigenvalue weighted by atomic mass is 9.78. The van der Waals surface area contributed by atoms with E-state index in [-0.39, 0.29) is 29.8 Å². The number of nitrogens with one attached hydrogen (secondary N) is 1. The number of benzene rings is 1. The SMILES string of the molecule is CCOc1c([C@@H]2[C@@H](C)C(C)(C)O[C@H]2C(=O)Nc2ccnc(C(C)=O)c2)ccc(F)c1F. The van der Waals surface area contributed by atoms with Crippen molar-refractivity contribution in [3.8, 4) is 5.75 Å². The molecule has 3 atom stereocenters. The van der Waals surface area contributed by atoms with Crippen molar-refractivity contribution < 1.29 is 27.8 Å². The molecule has 1 fully saturated rings. The Morgan fingerprint density at radius 1 is 1.26 bits per heavy atom. The molecule has 1 aromatic heterocycles. The number of rotatable bonds is 6. The van der Waals surface area contributed by atoms with Gasteiger partial charge in [0.25, 0.3) is 5.91 Å². The van der Waals surface area contributed by atoms with Gasteiger partial charge in [0.15, 0.2) is 17.3 Å². The third kappa shape index (κ3) is 4.44. The van der Waals surface area contributed by atoms with Crippen molar-refractivity contribution in [3.05, 3.63) is 53.4 Å². The van der Waals surface area contributed by atoms with E-state index in [0.29, 0.717) is 11.3 Å². The van der Waals surface area contributed by atoms with Gasteiger partial charge in [-0.25, -0.2) is 4.39 Å². The van der Waals surface area contributed by atoms with Crippen molar-refractivity contribution in [2.75, 3.05) is 11.9 Å². The van der Waals surface area contributed by atoms with Gasteiger partial charge in [-0.2, -0.15) is 4.39 Å². The van der Waals surface area contributed by atoms with Gasteiger partial charge in [-0.15, -0.1) is 0 Å². The smallest absolute Gasteiger partial charge is 0.254 e. The highest BCUT2D eigenvalue weighted by molar-refractivity contribution is 5.97. The summed E-state index contributed by atoms with van der Waals surface area (Å²) in [6.45, 7) is 8.78. The van der Waals surface area contributed by atoms with Crippen LogP contribution in [0.2, 0.25) is 0 Å². The molecule has 2 aromatic rings. The highest BCUT2D eigenvalue weighted by Gasteiger charge is 2.51. The lowest BCUT2D eigenvalue weighted by Crippen LogP contribution is -2.33. The van der Waals surface area contributed by atoms with Crippen molar-refractivity contribution in [1.29, 1.82) is 0 Å². The number of aromatic nitrogens is 1. The predicted octanol–water partition coefficient (Wildman–Crippen LogP) is 4.50. The van der Waals surface area contributed by atoms with Crippen molar-refractivity contribution in [3.63, 3.8) is 0 Å². The van der Waals surface area contributed by atoms with Crippen LogP contribution in [0.25, 0.3) is 0 Å². The van der Waals surface area contributed by atoms with Gasteiger partial charge in [-0.3, -0.25) is 14.6 Å². The first-order chi connectivity index (χ1) is 14.6. The van der Waals surface area contributed by atoms with Gasteiger partial charge in [0.1, 0.15) is 11.8 Å². The quantitative estimate of drug-likeness (QED) is 0.681. The summed E-state index contributed by atoms with van der Waals surface area (Å²) >= 11 is 0. The highest BCUT2D eigenvalue weighted by Crippen LogP contribution is 2.49. The van der Waals surface area contributed by atoms with Crippen LogP contribution in [0, 0.1) is 17.6 Å². The van der Waals surface area contributed by atoms with Crippen molar-refractivity contribution in [2.24, 2.45) is 5.92 Å². The summed E-state index contributed by atoms with van der Waals surface area (Å²) in [5.41, 5.74) is 0.275. The minimum atomic E-state index is -1.09. The first-order valence-corrected chi connectivity index (χ1v) is 10.1. The molecule has 0 radical (unpaired) electrons. The molecule has 3 rings (SSSR count). The normalized spacial score (nSPS) is 22.2. The molecule has 6 nitrogen and oxygen atoms in total. The number of anilines is 1. The Balaban J connectivity index is 1.99. The van der Waals surface area contributed by atoms with Gasteiger partial charge in [0.2, 0.25) is 5.82 Å². The third-order valence-electron chi connectivity index (χ3n) is 5.77. The van der Waals surface area contributed by atoms with Crippen LogP contribution in [0.15, 0.2) is 30.5 Å². The maximum Gasteiger partial charge on any atom is 0.254 e. The van der Waals surface area contributed by atoms with Gasteiger partial charge in [-0.05, 0) is 44.9 Å². The second kappa shape index (κ2) is 8.70. The molecular weight excluding hydrogens is 406 g/mol. The Kier molecular flexibility index (Phi) is 6.40. The molecular formula is C23H26F2N2O4. The van der Waals surface area contributed by atoms with Crippen LogP contribution in [-0.4, -0.2) is 35.0 Å². The monoisotopic (exact) mass is 432 g/mol. The first-order valence-electron chi connectivity index (χ1n) is 10.1. The molecule has 8 heteroatoms. The van der Waals surface area contributed by atoms with Gasteiger partial charge < -0.3 is 14.8 Å². The minimum Gasteiger partial charge on any atom is -0.490 e. The average molecular weight is 432 g/mol. The number of ketones is 1. The summed E-state index contributed by atoms with van der Waals surface area (Å²) < 4.78 is 39.9. The van der Waals surface area contributed by atoms with E-state index in [1.54, 1.807) is 13.0 Å². The van der Waals surface area contributed by atoms with Crippen LogP contribution in [0.3, 0.4) is 0 Å². The summed E-state index contributed by atoms with van der Waals surface area (Å²) in [4.78, 5) is 28.7. The zero-order valence-electron chi connectivity index (χ0n) is 18.2. The second-order valence-electron chi connectivity index (χ2n) is 8.14. The fraction of sp³-hybridized carbons (Fsp3) is 0.435. The van der Waals surface area contributed by atoms with E-state index < -0.39 is 35.2 Å². The van der Waals surface area contributed by atoms with E-state index in [0.717, 1.165) is 6.07 Å². The Labute approximate surface area is 180 Å². The molecule has 2 heterocycles. The molecule has 1 aromatic carbocycles. The zero-order valence-corrected chi connectivity index (χ0v) is 18.2. The van der Waals surface area contributed by atoms with Crippen LogP contribution < -0.4 is 10.1 Å². The van der Waals surface area contributed by atoms with Crippen LogP contribution in [0.4, 0.5) is 14.5 Å². The molecule has 1 N–H and O–H groups in total. The number of carbonyl (C=O) groups excluding carboxylic acids is 2. The van der Waals surface area contributed by atoms with Gasteiger partial charge in [0.05, 0.1) is 12.2 Å². The largest absolute Gasteiger partial charge is 0.490 e. The number of Topliss-reactive ketones (excluding diaryl/α,β-unsaturated/α-hetero) is 1. The van der Waals surface area contributed by atoms with Crippen molar-refractivity contribution in [1.82, 2.24) is 4.98 Å². The molecule has 1 aliphatic rings. The number of hydrogen-bond acceptors (Lipinski definition) is 5.